The van der Waals surface area contributed by atoms with Gasteiger partial charge in [0, 0.05) is 22.7 Å². The van der Waals surface area contributed by atoms with Crippen LogP contribution >= 0.6 is 11.3 Å². The molecule has 1 saturated carbocycles. The molecule has 0 spiro atoms. The number of para-hydroxylation sites is 1. The summed E-state index contributed by atoms with van der Waals surface area (Å²) in [7, 11) is 0. The molecule has 0 atom stereocenters. The van der Waals surface area contributed by atoms with E-state index in [-0.39, 0.29) is 6.03 Å². The van der Waals surface area contributed by atoms with Crippen LogP contribution in [0.25, 0.3) is 33.0 Å². The summed E-state index contributed by atoms with van der Waals surface area (Å²) >= 11 is 1.68. The van der Waals surface area contributed by atoms with Crippen LogP contribution in [0, 0.1) is 0 Å². The second-order valence-corrected chi connectivity index (χ2v) is 7.23. The van der Waals surface area contributed by atoms with Crippen LogP contribution in [-0.2, 0) is 0 Å². The number of hydrogen-bond donors (Lipinski definition) is 4. The van der Waals surface area contributed by atoms with Crippen molar-refractivity contribution in [2.75, 3.05) is 5.32 Å². The number of thiophene rings is 1. The molecule has 1 fully saturated rings. The number of nitrogens with zero attached hydrogens (tertiary/aromatic N) is 2. The third-order valence-corrected chi connectivity index (χ3v) is 5.23. The molecule has 26 heavy (non-hydrogen) atoms. The molecule has 1 aliphatic carbocycles. The minimum absolute atomic E-state index is 0.217. The third kappa shape index (κ3) is 2.74. The smallest absolute Gasteiger partial charge is 0.319 e. The highest BCUT2D eigenvalue weighted by Gasteiger charge is 2.24. The van der Waals surface area contributed by atoms with Crippen molar-refractivity contribution >= 4 is 34.1 Å². The summed E-state index contributed by atoms with van der Waals surface area (Å²) in [5.41, 5.74) is 4.09. The number of H-pyrrole nitrogens is 2. The van der Waals surface area contributed by atoms with E-state index in [9.17, 15) is 4.79 Å². The topological polar surface area (TPSA) is 98.5 Å². The normalized spacial score (nSPS) is 13.8. The van der Waals surface area contributed by atoms with E-state index in [4.69, 9.17) is 4.98 Å². The first-order valence-corrected chi connectivity index (χ1v) is 9.30. The number of rotatable bonds is 4. The quantitative estimate of drug-likeness (QED) is 0.441. The Kier molecular flexibility index (Phi) is 3.49. The van der Waals surface area contributed by atoms with E-state index in [2.05, 4.69) is 43.3 Å². The highest BCUT2D eigenvalue weighted by Crippen LogP contribution is 2.33. The van der Waals surface area contributed by atoms with Gasteiger partial charge in [0.25, 0.3) is 0 Å². The zero-order valence-electron chi connectivity index (χ0n) is 13.7. The van der Waals surface area contributed by atoms with Crippen LogP contribution in [0.5, 0.6) is 0 Å². The van der Waals surface area contributed by atoms with Crippen molar-refractivity contribution in [3.05, 3.63) is 41.9 Å². The van der Waals surface area contributed by atoms with Crippen molar-refractivity contribution in [3.8, 4) is 22.0 Å². The van der Waals surface area contributed by atoms with Crippen LogP contribution in [0.4, 0.5) is 10.5 Å². The van der Waals surface area contributed by atoms with Crippen molar-refractivity contribution in [3.63, 3.8) is 0 Å². The lowest BCUT2D eigenvalue weighted by atomic mass is 10.1. The van der Waals surface area contributed by atoms with E-state index in [1.54, 1.807) is 17.5 Å². The molecule has 2 amide bonds. The summed E-state index contributed by atoms with van der Waals surface area (Å²) in [6.45, 7) is 0. The first kappa shape index (κ1) is 15.2. The average Bonchev–Trinajstić information content (AvgIpc) is 3.09. The number of anilines is 1. The molecule has 3 aromatic heterocycles. The second-order valence-electron chi connectivity index (χ2n) is 6.28. The van der Waals surface area contributed by atoms with Crippen LogP contribution in [-0.4, -0.2) is 32.2 Å². The number of carbonyl (C=O) groups excluding carboxylic acids is 1. The first-order valence-electron chi connectivity index (χ1n) is 8.42. The molecule has 0 saturated heterocycles. The summed E-state index contributed by atoms with van der Waals surface area (Å²) < 4.78 is 0. The standard InChI is InChI=1S/C18H16N6OS/c25-18(20-10-6-7-10)22-13-9-19-24-16(13)17-21-12-4-1-3-11(15(12)23-17)14-5-2-8-26-14/h1-5,8-10H,6-7H2,(H,19,24)(H,21,23)(H2,20,22,25). The van der Waals surface area contributed by atoms with Crippen molar-refractivity contribution in [2.45, 2.75) is 18.9 Å². The van der Waals surface area contributed by atoms with Gasteiger partial charge in [0.05, 0.1) is 16.7 Å². The highest BCUT2D eigenvalue weighted by atomic mass is 32.1. The molecule has 130 valence electrons. The highest BCUT2D eigenvalue weighted by molar-refractivity contribution is 7.13. The predicted octanol–water partition coefficient (Wildman–Crippen LogP) is 3.97. The average molecular weight is 364 g/mol. The first-order chi connectivity index (χ1) is 12.8. The minimum atomic E-state index is -0.217. The molecule has 3 heterocycles. The summed E-state index contributed by atoms with van der Waals surface area (Å²) in [5.74, 6) is 0.618. The maximum atomic E-state index is 12.0. The van der Waals surface area contributed by atoms with Crippen LogP contribution in [0.1, 0.15) is 12.8 Å². The molecule has 0 unspecified atom stereocenters. The van der Waals surface area contributed by atoms with Crippen LogP contribution in [0.2, 0.25) is 0 Å². The largest absolute Gasteiger partial charge is 0.336 e. The third-order valence-electron chi connectivity index (χ3n) is 4.32. The molecular weight excluding hydrogens is 348 g/mol. The van der Waals surface area contributed by atoms with Gasteiger partial charge >= 0.3 is 6.03 Å². The number of urea groups is 1. The number of amides is 2. The Bertz CT molecular complexity index is 1080. The van der Waals surface area contributed by atoms with Crippen LogP contribution < -0.4 is 10.6 Å². The SMILES string of the molecule is O=C(Nc1c[nH]nc1-c1nc2c(-c3cccs3)cccc2[nH]1)NC1CC1. The monoisotopic (exact) mass is 364 g/mol. The van der Waals surface area contributed by atoms with Crippen molar-refractivity contribution in [1.29, 1.82) is 0 Å². The Morgan fingerprint density at radius 2 is 2.15 bits per heavy atom. The fourth-order valence-electron chi connectivity index (χ4n) is 2.91. The summed E-state index contributed by atoms with van der Waals surface area (Å²) in [6, 6.07) is 10.2. The fraction of sp³-hybridized carbons (Fsp3) is 0.167. The maximum absolute atomic E-state index is 12.0. The zero-order chi connectivity index (χ0) is 17.5. The van der Waals surface area contributed by atoms with E-state index in [0.717, 1.165) is 34.3 Å². The lowest BCUT2D eigenvalue weighted by Gasteiger charge is -2.05. The Labute approximate surface area is 152 Å². The molecule has 4 N–H and O–H groups in total. The molecule has 1 aromatic carbocycles. The lowest BCUT2D eigenvalue weighted by molar-refractivity contribution is 0.251. The van der Waals surface area contributed by atoms with E-state index in [1.807, 2.05) is 18.2 Å². The summed E-state index contributed by atoms with van der Waals surface area (Å²) in [5, 5.41) is 14.9. The number of hydrogen-bond acceptors (Lipinski definition) is 4. The van der Waals surface area contributed by atoms with Crippen LogP contribution in [0.15, 0.2) is 41.9 Å². The predicted molar refractivity (Wildman–Crippen MR) is 102 cm³/mol. The molecule has 0 aliphatic heterocycles. The molecule has 0 bridgehead atoms. The number of imidazole rings is 1. The van der Waals surface area contributed by atoms with Gasteiger partial charge in [0.1, 0.15) is 0 Å². The van der Waals surface area contributed by atoms with Gasteiger partial charge in [-0.2, -0.15) is 5.10 Å². The van der Waals surface area contributed by atoms with Gasteiger partial charge in [-0.1, -0.05) is 18.2 Å². The molecule has 0 radical (unpaired) electrons. The van der Waals surface area contributed by atoms with Gasteiger partial charge in [-0.05, 0) is 30.4 Å². The van der Waals surface area contributed by atoms with Gasteiger partial charge in [-0.3, -0.25) is 5.10 Å². The minimum Gasteiger partial charge on any atom is -0.336 e. The number of carbonyl (C=O) groups is 1. The van der Waals surface area contributed by atoms with E-state index in [1.165, 1.54) is 0 Å². The van der Waals surface area contributed by atoms with Gasteiger partial charge in [-0.25, -0.2) is 9.78 Å². The Morgan fingerprint density at radius 3 is 2.96 bits per heavy atom. The number of nitrogens with one attached hydrogen (secondary N) is 4. The summed E-state index contributed by atoms with van der Waals surface area (Å²) in [4.78, 5) is 21.3. The Balaban J connectivity index is 1.51. The fourth-order valence-corrected chi connectivity index (χ4v) is 3.66. The second kappa shape index (κ2) is 5.99. The van der Waals surface area contributed by atoms with Crippen molar-refractivity contribution < 1.29 is 4.79 Å². The molecule has 7 nitrogen and oxygen atoms in total. The van der Waals surface area contributed by atoms with Gasteiger partial charge in [-0.15, -0.1) is 11.3 Å². The number of aromatic nitrogens is 4. The maximum Gasteiger partial charge on any atom is 0.319 e. The van der Waals surface area contributed by atoms with Gasteiger partial charge in [0.15, 0.2) is 11.5 Å². The number of benzene rings is 1. The van der Waals surface area contributed by atoms with E-state index < -0.39 is 0 Å². The summed E-state index contributed by atoms with van der Waals surface area (Å²) in [6.07, 6.45) is 3.75. The van der Waals surface area contributed by atoms with Crippen molar-refractivity contribution in [2.24, 2.45) is 0 Å². The molecule has 5 rings (SSSR count). The number of aromatic amines is 2. The van der Waals surface area contributed by atoms with Crippen molar-refractivity contribution in [1.82, 2.24) is 25.5 Å². The lowest BCUT2D eigenvalue weighted by Crippen LogP contribution is -2.30. The molecular formula is C18H16N6OS. The van der Waals surface area contributed by atoms with Gasteiger partial charge < -0.3 is 15.6 Å². The van der Waals surface area contributed by atoms with E-state index >= 15 is 0 Å². The number of fused-ring (bicyclic) bond motifs is 1. The Morgan fingerprint density at radius 1 is 1.23 bits per heavy atom. The van der Waals surface area contributed by atoms with Gasteiger partial charge in [0.2, 0.25) is 0 Å². The molecule has 1 aliphatic rings. The Hall–Kier alpha value is -3.13. The molecule has 8 heteroatoms. The molecule has 4 aromatic rings. The van der Waals surface area contributed by atoms with E-state index in [0.29, 0.717) is 23.2 Å². The van der Waals surface area contributed by atoms with Crippen LogP contribution in [0.3, 0.4) is 0 Å². The zero-order valence-corrected chi connectivity index (χ0v) is 14.6.